The predicted molar refractivity (Wildman–Crippen MR) is 93.8 cm³/mol. The van der Waals surface area contributed by atoms with Crippen LogP contribution in [0.3, 0.4) is 0 Å². The van der Waals surface area contributed by atoms with Crippen LogP contribution < -0.4 is 10.6 Å². The number of benzene rings is 1. The summed E-state index contributed by atoms with van der Waals surface area (Å²) in [5.41, 5.74) is -0.497. The molecule has 1 aromatic heterocycles. The number of hydrogen-bond acceptors (Lipinski definition) is 5. The van der Waals surface area contributed by atoms with E-state index in [1.54, 1.807) is 24.3 Å². The van der Waals surface area contributed by atoms with Gasteiger partial charge in [-0.1, -0.05) is 26.0 Å². The molecule has 0 fully saturated rings. The maximum absolute atomic E-state index is 13.1. The molecule has 0 unspecified atom stereocenters. The van der Waals surface area contributed by atoms with Crippen molar-refractivity contribution in [1.29, 1.82) is 0 Å². The molecular formula is C16H18BrF3N4O. The summed E-state index contributed by atoms with van der Waals surface area (Å²) in [6, 6.07) is 7.38. The summed E-state index contributed by atoms with van der Waals surface area (Å²) in [7, 11) is 0. The van der Waals surface area contributed by atoms with E-state index >= 15 is 0 Å². The number of alkyl halides is 3. The molecule has 0 aliphatic rings. The Bertz CT molecular complexity index is 725. The lowest BCUT2D eigenvalue weighted by Crippen LogP contribution is -2.30. The molecule has 1 aromatic carbocycles. The second-order valence-corrected chi connectivity index (χ2v) is 6.60. The molecule has 5 nitrogen and oxygen atoms in total. The van der Waals surface area contributed by atoms with Gasteiger partial charge in [-0.3, -0.25) is 0 Å². The Morgan fingerprint density at radius 1 is 1.20 bits per heavy atom. The van der Waals surface area contributed by atoms with E-state index in [2.05, 4.69) is 36.5 Å². The Hall–Kier alpha value is -1.87. The third kappa shape index (κ3) is 5.30. The van der Waals surface area contributed by atoms with Gasteiger partial charge in [-0.25, -0.2) is 4.98 Å². The molecule has 0 radical (unpaired) electrons. The number of halogens is 4. The fraction of sp³-hybridized carbons (Fsp3) is 0.375. The summed E-state index contributed by atoms with van der Waals surface area (Å²) >= 11 is 3.32. The highest BCUT2D eigenvalue weighted by atomic mass is 79.9. The molecule has 2 aromatic rings. The fourth-order valence-corrected chi connectivity index (χ4v) is 2.39. The number of aliphatic hydroxyl groups excluding tert-OH is 1. The number of para-hydroxylation sites is 1. The summed E-state index contributed by atoms with van der Waals surface area (Å²) in [5, 5.41) is 15.0. The second-order valence-electron chi connectivity index (χ2n) is 5.74. The first-order chi connectivity index (χ1) is 11.7. The van der Waals surface area contributed by atoms with Crippen molar-refractivity contribution in [2.24, 2.45) is 5.92 Å². The lowest BCUT2D eigenvalue weighted by molar-refractivity contribution is -0.141. The predicted octanol–water partition coefficient (Wildman–Crippen LogP) is 4.43. The standard InChI is InChI=1S/C16H18BrF3N4O/c1-9(2)12(8-25)22-15-23-13(16(18,19)20)7-14(24-15)21-11-6-4-3-5-10(11)17/h3-7,9,12,25H,8H2,1-2H3,(H2,21,22,23,24)/t12-/m1/s1. The number of aromatic nitrogens is 2. The maximum atomic E-state index is 13.1. The van der Waals surface area contributed by atoms with Crippen molar-refractivity contribution in [2.75, 3.05) is 17.2 Å². The van der Waals surface area contributed by atoms with Crippen LogP contribution in [0.25, 0.3) is 0 Å². The molecule has 0 bridgehead atoms. The van der Waals surface area contributed by atoms with Crippen LogP contribution in [0.5, 0.6) is 0 Å². The number of rotatable bonds is 6. The molecule has 1 atom stereocenters. The van der Waals surface area contributed by atoms with Crippen molar-refractivity contribution in [3.05, 3.63) is 40.5 Å². The first kappa shape index (κ1) is 19.5. The number of hydrogen-bond donors (Lipinski definition) is 3. The van der Waals surface area contributed by atoms with E-state index in [4.69, 9.17) is 0 Å². The molecule has 3 N–H and O–H groups in total. The highest BCUT2D eigenvalue weighted by molar-refractivity contribution is 9.10. The number of anilines is 3. The highest BCUT2D eigenvalue weighted by Crippen LogP contribution is 2.31. The first-order valence-corrected chi connectivity index (χ1v) is 8.35. The van der Waals surface area contributed by atoms with Gasteiger partial charge >= 0.3 is 6.18 Å². The molecular weight excluding hydrogens is 401 g/mol. The largest absolute Gasteiger partial charge is 0.433 e. The Labute approximate surface area is 151 Å². The zero-order chi connectivity index (χ0) is 18.6. The molecule has 9 heteroatoms. The average Bonchev–Trinajstić information content (AvgIpc) is 2.53. The summed E-state index contributed by atoms with van der Waals surface area (Å²) in [6.45, 7) is 3.42. The monoisotopic (exact) mass is 418 g/mol. The van der Waals surface area contributed by atoms with E-state index in [1.165, 1.54) is 0 Å². The summed E-state index contributed by atoms with van der Waals surface area (Å²) < 4.78 is 40.1. The lowest BCUT2D eigenvalue weighted by atomic mass is 10.1. The van der Waals surface area contributed by atoms with E-state index in [0.29, 0.717) is 10.2 Å². The Morgan fingerprint density at radius 3 is 2.44 bits per heavy atom. The van der Waals surface area contributed by atoms with Gasteiger partial charge in [0.2, 0.25) is 5.95 Å². The van der Waals surface area contributed by atoms with Crippen molar-refractivity contribution in [1.82, 2.24) is 9.97 Å². The number of nitrogens with one attached hydrogen (secondary N) is 2. The van der Waals surface area contributed by atoms with Crippen LogP contribution in [0.15, 0.2) is 34.8 Å². The van der Waals surface area contributed by atoms with Gasteiger partial charge in [-0.15, -0.1) is 0 Å². The third-order valence-corrected chi connectivity index (χ3v) is 4.16. The van der Waals surface area contributed by atoms with Gasteiger partial charge in [-0.2, -0.15) is 18.2 Å². The van der Waals surface area contributed by atoms with Crippen molar-refractivity contribution in [2.45, 2.75) is 26.1 Å². The SMILES string of the molecule is CC(C)[C@@H](CO)Nc1nc(Nc2ccccc2Br)cc(C(F)(F)F)n1. The fourth-order valence-electron chi connectivity index (χ4n) is 2.01. The molecule has 0 aliphatic carbocycles. The average molecular weight is 419 g/mol. The quantitative estimate of drug-likeness (QED) is 0.647. The van der Waals surface area contributed by atoms with Crippen LogP contribution >= 0.6 is 15.9 Å². The molecule has 0 spiro atoms. The van der Waals surface area contributed by atoms with Gasteiger partial charge in [0.1, 0.15) is 5.82 Å². The second kappa shape index (κ2) is 8.01. The van der Waals surface area contributed by atoms with E-state index in [9.17, 15) is 18.3 Å². The van der Waals surface area contributed by atoms with E-state index in [-0.39, 0.29) is 24.3 Å². The Kier molecular flexibility index (Phi) is 6.23. The van der Waals surface area contributed by atoms with Crippen LogP contribution in [-0.4, -0.2) is 27.7 Å². The van der Waals surface area contributed by atoms with E-state index in [0.717, 1.165) is 6.07 Å². The van der Waals surface area contributed by atoms with E-state index in [1.807, 2.05) is 13.8 Å². The Morgan fingerprint density at radius 2 is 1.88 bits per heavy atom. The van der Waals surface area contributed by atoms with Crippen molar-refractivity contribution < 1.29 is 18.3 Å². The number of nitrogens with zero attached hydrogens (tertiary/aromatic N) is 2. The van der Waals surface area contributed by atoms with Crippen molar-refractivity contribution in [3.8, 4) is 0 Å². The van der Waals surface area contributed by atoms with Gasteiger partial charge in [0.05, 0.1) is 18.3 Å². The summed E-state index contributed by atoms with van der Waals surface area (Å²) in [4.78, 5) is 7.62. The third-order valence-electron chi connectivity index (χ3n) is 3.47. The van der Waals surface area contributed by atoms with Crippen LogP contribution in [0.1, 0.15) is 19.5 Å². The van der Waals surface area contributed by atoms with Crippen molar-refractivity contribution >= 4 is 33.4 Å². The summed E-state index contributed by atoms with van der Waals surface area (Å²) in [6.07, 6.45) is -4.61. The molecule has 0 aliphatic heterocycles. The van der Waals surface area contributed by atoms with E-state index < -0.39 is 17.9 Å². The van der Waals surface area contributed by atoms with Gasteiger partial charge < -0.3 is 15.7 Å². The lowest BCUT2D eigenvalue weighted by Gasteiger charge is -2.21. The van der Waals surface area contributed by atoms with Gasteiger partial charge in [-0.05, 0) is 34.0 Å². The normalized spacial score (nSPS) is 13.0. The zero-order valence-electron chi connectivity index (χ0n) is 13.6. The minimum absolute atomic E-state index is 0.00262. The first-order valence-electron chi connectivity index (χ1n) is 7.56. The highest BCUT2D eigenvalue weighted by Gasteiger charge is 2.34. The molecule has 1 heterocycles. The molecule has 136 valence electrons. The minimum atomic E-state index is -4.61. The van der Waals surface area contributed by atoms with Gasteiger partial charge in [0.15, 0.2) is 5.69 Å². The number of aliphatic hydroxyl groups is 1. The zero-order valence-corrected chi connectivity index (χ0v) is 15.2. The van der Waals surface area contributed by atoms with Gasteiger partial charge in [0.25, 0.3) is 0 Å². The molecule has 0 saturated carbocycles. The smallest absolute Gasteiger partial charge is 0.394 e. The van der Waals surface area contributed by atoms with Crippen LogP contribution in [0.2, 0.25) is 0 Å². The topological polar surface area (TPSA) is 70.1 Å². The van der Waals surface area contributed by atoms with Crippen LogP contribution in [0.4, 0.5) is 30.6 Å². The molecule has 2 rings (SSSR count). The minimum Gasteiger partial charge on any atom is -0.394 e. The van der Waals surface area contributed by atoms with Crippen LogP contribution in [0, 0.1) is 5.92 Å². The maximum Gasteiger partial charge on any atom is 0.433 e. The Balaban J connectivity index is 2.38. The summed E-state index contributed by atoms with van der Waals surface area (Å²) in [5.74, 6) is -0.211. The van der Waals surface area contributed by atoms with Crippen LogP contribution in [-0.2, 0) is 6.18 Å². The molecule has 0 saturated heterocycles. The molecule has 0 amide bonds. The molecule has 25 heavy (non-hydrogen) atoms. The van der Waals surface area contributed by atoms with Crippen molar-refractivity contribution in [3.63, 3.8) is 0 Å². The van der Waals surface area contributed by atoms with Gasteiger partial charge in [0, 0.05) is 10.5 Å².